The zero-order chi connectivity index (χ0) is 22.0. The van der Waals surface area contributed by atoms with E-state index in [2.05, 4.69) is 20.4 Å². The molecular weight excluding hydrogens is 416 g/mol. The summed E-state index contributed by atoms with van der Waals surface area (Å²) in [6.07, 6.45) is 2.21. The molecule has 0 fully saturated rings. The fraction of sp³-hybridized carbons (Fsp3) is 0.0476. The molecule has 10 heteroatoms. The second-order valence-electron chi connectivity index (χ2n) is 6.39. The molecule has 0 saturated heterocycles. The van der Waals surface area contributed by atoms with Gasteiger partial charge < -0.3 is 4.52 Å². The third-order valence-electron chi connectivity index (χ3n) is 4.34. The fourth-order valence-corrected chi connectivity index (χ4v) is 2.98. The Balaban J connectivity index is 1.76. The Labute approximate surface area is 172 Å². The molecule has 156 valence electrons. The predicted octanol–water partition coefficient (Wildman–Crippen LogP) is 4.54. The van der Waals surface area contributed by atoms with Crippen molar-refractivity contribution in [3.63, 3.8) is 0 Å². The fourth-order valence-electron chi connectivity index (χ4n) is 2.98. The summed E-state index contributed by atoms with van der Waals surface area (Å²) in [6.45, 7) is 0. The largest absolute Gasteiger partial charge is 0.337 e. The molecule has 0 aliphatic heterocycles. The number of amides is 1. The van der Waals surface area contributed by atoms with Gasteiger partial charge in [-0.25, -0.2) is 27.5 Å². The van der Waals surface area contributed by atoms with E-state index in [1.807, 2.05) is 0 Å². The van der Waals surface area contributed by atoms with Crippen molar-refractivity contribution in [2.75, 3.05) is 5.32 Å². The number of halogens is 4. The molecule has 2 aromatic carbocycles. The van der Waals surface area contributed by atoms with Gasteiger partial charge in [0.2, 0.25) is 11.8 Å². The SMILES string of the molecule is O=C(Cc1ccccc1F)Nc1onc(-c2c(F)cc(F)cc2F)c1-c1ccncn1. The highest BCUT2D eigenvalue weighted by molar-refractivity contribution is 5.97. The molecule has 1 N–H and O–H groups in total. The van der Waals surface area contributed by atoms with E-state index in [1.54, 1.807) is 6.07 Å². The molecule has 0 aliphatic carbocycles. The number of anilines is 1. The topological polar surface area (TPSA) is 80.9 Å². The van der Waals surface area contributed by atoms with Crippen molar-refractivity contribution in [3.05, 3.63) is 83.8 Å². The van der Waals surface area contributed by atoms with Crippen molar-refractivity contribution in [1.29, 1.82) is 0 Å². The Morgan fingerprint density at radius 2 is 1.71 bits per heavy atom. The van der Waals surface area contributed by atoms with E-state index in [4.69, 9.17) is 4.52 Å². The highest BCUT2D eigenvalue weighted by Crippen LogP contribution is 2.39. The lowest BCUT2D eigenvalue weighted by molar-refractivity contribution is -0.115. The highest BCUT2D eigenvalue weighted by atomic mass is 19.1. The van der Waals surface area contributed by atoms with Gasteiger partial charge in [0.15, 0.2) is 0 Å². The first-order chi connectivity index (χ1) is 14.9. The van der Waals surface area contributed by atoms with Crippen LogP contribution in [0.3, 0.4) is 0 Å². The summed E-state index contributed by atoms with van der Waals surface area (Å²) in [5, 5.41) is 6.08. The molecule has 0 radical (unpaired) electrons. The van der Waals surface area contributed by atoms with Crippen LogP contribution in [-0.4, -0.2) is 21.0 Å². The Morgan fingerprint density at radius 1 is 0.968 bits per heavy atom. The maximum atomic E-state index is 14.4. The second kappa shape index (κ2) is 8.34. The van der Waals surface area contributed by atoms with Crippen LogP contribution < -0.4 is 5.32 Å². The van der Waals surface area contributed by atoms with Crippen molar-refractivity contribution < 1.29 is 26.9 Å². The number of nitrogens with one attached hydrogen (secondary N) is 1. The molecule has 6 nitrogen and oxygen atoms in total. The molecule has 0 spiro atoms. The van der Waals surface area contributed by atoms with Crippen molar-refractivity contribution in [3.8, 4) is 22.5 Å². The summed E-state index contributed by atoms with van der Waals surface area (Å²) in [4.78, 5) is 20.2. The van der Waals surface area contributed by atoms with Gasteiger partial charge >= 0.3 is 0 Å². The van der Waals surface area contributed by atoms with E-state index in [0.717, 1.165) is 0 Å². The van der Waals surface area contributed by atoms with Crippen molar-refractivity contribution in [1.82, 2.24) is 15.1 Å². The molecule has 0 bridgehead atoms. The Morgan fingerprint density at radius 3 is 2.39 bits per heavy atom. The molecule has 0 atom stereocenters. The predicted molar refractivity (Wildman–Crippen MR) is 102 cm³/mol. The molecule has 4 aromatic rings. The van der Waals surface area contributed by atoms with Crippen molar-refractivity contribution in [2.45, 2.75) is 6.42 Å². The van der Waals surface area contributed by atoms with Gasteiger partial charge in [-0.05, 0) is 17.7 Å². The zero-order valence-electron chi connectivity index (χ0n) is 15.6. The average Bonchev–Trinajstić information content (AvgIpc) is 3.12. The number of nitrogens with zero attached hydrogens (tertiary/aromatic N) is 3. The van der Waals surface area contributed by atoms with E-state index in [9.17, 15) is 22.4 Å². The normalized spacial score (nSPS) is 10.8. The highest BCUT2D eigenvalue weighted by Gasteiger charge is 2.27. The molecule has 0 unspecified atom stereocenters. The summed E-state index contributed by atoms with van der Waals surface area (Å²) >= 11 is 0. The molecule has 2 heterocycles. The van der Waals surface area contributed by atoms with Crippen LogP contribution in [0.1, 0.15) is 5.56 Å². The van der Waals surface area contributed by atoms with Gasteiger partial charge in [0, 0.05) is 18.3 Å². The van der Waals surface area contributed by atoms with Gasteiger partial charge in [0.05, 0.1) is 23.2 Å². The first kappa shape index (κ1) is 20.2. The van der Waals surface area contributed by atoms with E-state index in [0.29, 0.717) is 12.1 Å². The van der Waals surface area contributed by atoms with Gasteiger partial charge in [0.25, 0.3) is 0 Å². The first-order valence-corrected chi connectivity index (χ1v) is 8.88. The monoisotopic (exact) mass is 428 g/mol. The second-order valence-corrected chi connectivity index (χ2v) is 6.39. The number of benzene rings is 2. The van der Waals surface area contributed by atoms with Gasteiger partial charge in [-0.15, -0.1) is 0 Å². The summed E-state index contributed by atoms with van der Waals surface area (Å²) in [7, 11) is 0. The molecule has 31 heavy (non-hydrogen) atoms. The van der Waals surface area contributed by atoms with E-state index in [-0.39, 0.29) is 34.8 Å². The minimum absolute atomic E-state index is 0.0475. The van der Waals surface area contributed by atoms with Crippen LogP contribution >= 0.6 is 0 Å². The number of aromatic nitrogens is 3. The Hall–Kier alpha value is -4.08. The smallest absolute Gasteiger partial charge is 0.241 e. The minimum Gasteiger partial charge on any atom is -0.337 e. The number of carbonyl (C=O) groups excluding carboxylic acids is 1. The maximum absolute atomic E-state index is 14.4. The molecular formula is C21H12F4N4O2. The number of rotatable bonds is 5. The molecule has 4 rings (SSSR count). The summed E-state index contributed by atoms with van der Waals surface area (Å²) in [5.74, 6) is -5.04. The minimum atomic E-state index is -1.22. The molecule has 1 amide bonds. The lowest BCUT2D eigenvalue weighted by Crippen LogP contribution is -2.15. The lowest BCUT2D eigenvalue weighted by Gasteiger charge is -2.07. The quantitative estimate of drug-likeness (QED) is 0.472. The van der Waals surface area contributed by atoms with Crippen molar-refractivity contribution >= 4 is 11.8 Å². The van der Waals surface area contributed by atoms with Crippen LogP contribution in [0.25, 0.3) is 22.5 Å². The van der Waals surface area contributed by atoms with Gasteiger partial charge in [0.1, 0.15) is 35.3 Å². The lowest BCUT2D eigenvalue weighted by atomic mass is 10.0. The number of hydrogen-bond acceptors (Lipinski definition) is 5. The Bertz CT molecular complexity index is 1240. The standard InChI is InChI=1S/C21H12F4N4O2/c22-12-8-14(24)18(15(25)9-12)20-19(16-5-6-26-10-27-16)21(31-29-20)28-17(30)7-11-3-1-2-4-13(11)23/h1-6,8-10H,7H2,(H,28,30). The third-order valence-corrected chi connectivity index (χ3v) is 4.34. The van der Waals surface area contributed by atoms with Crippen LogP contribution in [0.15, 0.2) is 59.5 Å². The summed E-state index contributed by atoms with van der Waals surface area (Å²) < 4.78 is 61.0. The third kappa shape index (κ3) is 4.13. The molecule has 0 saturated carbocycles. The first-order valence-electron chi connectivity index (χ1n) is 8.88. The van der Waals surface area contributed by atoms with Crippen LogP contribution in [-0.2, 0) is 11.2 Å². The van der Waals surface area contributed by atoms with E-state index in [1.165, 1.54) is 36.8 Å². The number of hydrogen-bond donors (Lipinski definition) is 1. The maximum Gasteiger partial charge on any atom is 0.241 e. The number of carbonyl (C=O) groups is 1. The van der Waals surface area contributed by atoms with Crippen LogP contribution in [0, 0.1) is 23.3 Å². The van der Waals surface area contributed by atoms with E-state index >= 15 is 0 Å². The van der Waals surface area contributed by atoms with Gasteiger partial charge in [-0.2, -0.15) is 0 Å². The Kier molecular flexibility index (Phi) is 5.44. The summed E-state index contributed by atoms with van der Waals surface area (Å²) in [5.41, 5.74) is -0.772. The van der Waals surface area contributed by atoms with E-state index < -0.39 is 34.7 Å². The van der Waals surface area contributed by atoms with Gasteiger partial charge in [-0.1, -0.05) is 23.4 Å². The van der Waals surface area contributed by atoms with Crippen LogP contribution in [0.2, 0.25) is 0 Å². The van der Waals surface area contributed by atoms with Gasteiger partial charge in [-0.3, -0.25) is 10.1 Å². The summed E-state index contributed by atoms with van der Waals surface area (Å²) in [6, 6.07) is 8.10. The average molecular weight is 428 g/mol. The molecule has 2 aromatic heterocycles. The molecule has 0 aliphatic rings. The van der Waals surface area contributed by atoms with Crippen LogP contribution in [0.4, 0.5) is 23.4 Å². The van der Waals surface area contributed by atoms with Crippen molar-refractivity contribution in [2.24, 2.45) is 0 Å². The van der Waals surface area contributed by atoms with Crippen LogP contribution in [0.5, 0.6) is 0 Å². The zero-order valence-corrected chi connectivity index (χ0v) is 15.6.